The van der Waals surface area contributed by atoms with Crippen molar-refractivity contribution in [3.05, 3.63) is 27.8 Å². The van der Waals surface area contributed by atoms with Crippen LogP contribution in [0.3, 0.4) is 0 Å². The van der Waals surface area contributed by atoms with Crippen molar-refractivity contribution >= 4 is 10.0 Å². The van der Waals surface area contributed by atoms with Crippen LogP contribution in [0.1, 0.15) is 40.7 Å². The van der Waals surface area contributed by atoms with E-state index in [0.29, 0.717) is 17.4 Å². The summed E-state index contributed by atoms with van der Waals surface area (Å²) in [5.41, 5.74) is 5.09. The van der Waals surface area contributed by atoms with Crippen molar-refractivity contribution < 1.29 is 8.42 Å². The number of hydrogen-bond donors (Lipinski definition) is 1. The second-order valence-corrected chi connectivity index (χ2v) is 8.78. The molecule has 0 aliphatic carbocycles. The molecule has 0 aromatic heterocycles. The maximum absolute atomic E-state index is 12.9. The fourth-order valence-electron chi connectivity index (χ4n) is 3.61. The van der Waals surface area contributed by atoms with Gasteiger partial charge in [0, 0.05) is 13.1 Å². The Bertz CT molecular complexity index is 666. The molecule has 1 saturated heterocycles. The predicted molar refractivity (Wildman–Crippen MR) is 95.5 cm³/mol. The lowest BCUT2D eigenvalue weighted by Crippen LogP contribution is -2.39. The van der Waals surface area contributed by atoms with Gasteiger partial charge < -0.3 is 4.90 Å². The number of nitrogens with zero attached hydrogens (tertiary/aromatic N) is 1. The van der Waals surface area contributed by atoms with Crippen LogP contribution < -0.4 is 4.72 Å². The minimum atomic E-state index is -3.47. The summed E-state index contributed by atoms with van der Waals surface area (Å²) in [6, 6.07) is 0. The Morgan fingerprint density at radius 3 is 2.04 bits per heavy atom. The molecule has 1 fully saturated rings. The molecule has 0 amide bonds. The van der Waals surface area contributed by atoms with Crippen molar-refractivity contribution in [2.75, 3.05) is 26.7 Å². The summed E-state index contributed by atoms with van der Waals surface area (Å²) in [6.07, 6.45) is 2.24. The zero-order valence-corrected chi connectivity index (χ0v) is 16.1. The summed E-state index contributed by atoms with van der Waals surface area (Å²) in [4.78, 5) is 2.75. The molecule has 1 unspecified atom stereocenters. The number of rotatable bonds is 4. The van der Waals surface area contributed by atoms with Gasteiger partial charge in [0.1, 0.15) is 0 Å². The van der Waals surface area contributed by atoms with Gasteiger partial charge >= 0.3 is 0 Å². The fourth-order valence-corrected chi connectivity index (χ4v) is 5.32. The summed E-state index contributed by atoms with van der Waals surface area (Å²) >= 11 is 0. The highest BCUT2D eigenvalue weighted by Crippen LogP contribution is 2.29. The van der Waals surface area contributed by atoms with E-state index in [0.717, 1.165) is 48.2 Å². The number of benzene rings is 1. The van der Waals surface area contributed by atoms with Gasteiger partial charge in [-0.05, 0) is 94.8 Å². The largest absolute Gasteiger partial charge is 0.306 e. The molecule has 23 heavy (non-hydrogen) atoms. The average Bonchev–Trinajstić information content (AvgIpc) is 2.49. The van der Waals surface area contributed by atoms with Crippen molar-refractivity contribution in [1.82, 2.24) is 9.62 Å². The molecule has 5 heteroatoms. The van der Waals surface area contributed by atoms with E-state index in [2.05, 4.69) is 23.6 Å². The summed E-state index contributed by atoms with van der Waals surface area (Å²) in [7, 11) is -1.37. The molecular weight excluding hydrogens is 308 g/mol. The smallest absolute Gasteiger partial charge is 0.241 e. The van der Waals surface area contributed by atoms with Crippen molar-refractivity contribution in [3.63, 3.8) is 0 Å². The first-order valence-electron chi connectivity index (χ1n) is 8.40. The lowest BCUT2D eigenvalue weighted by Gasteiger charge is -2.30. The number of piperidine rings is 1. The lowest BCUT2D eigenvalue weighted by molar-refractivity contribution is 0.211. The first-order valence-corrected chi connectivity index (χ1v) is 9.88. The monoisotopic (exact) mass is 338 g/mol. The molecule has 0 saturated carbocycles. The summed E-state index contributed by atoms with van der Waals surface area (Å²) < 4.78 is 28.6. The van der Waals surface area contributed by atoms with Gasteiger partial charge in [0.25, 0.3) is 0 Å². The van der Waals surface area contributed by atoms with Crippen LogP contribution in [0.5, 0.6) is 0 Å². The van der Waals surface area contributed by atoms with E-state index in [1.54, 1.807) is 0 Å². The molecule has 0 spiro atoms. The van der Waals surface area contributed by atoms with Crippen LogP contribution in [-0.2, 0) is 10.0 Å². The maximum atomic E-state index is 12.9. The third-order valence-electron chi connectivity index (χ3n) is 5.48. The molecule has 0 bridgehead atoms. The first-order chi connectivity index (χ1) is 10.6. The van der Waals surface area contributed by atoms with Gasteiger partial charge in [-0.2, -0.15) is 0 Å². The summed E-state index contributed by atoms with van der Waals surface area (Å²) in [6.45, 7) is 12.5. The minimum absolute atomic E-state index is 0.400. The van der Waals surface area contributed by atoms with E-state index < -0.39 is 10.0 Å². The Balaban J connectivity index is 2.26. The standard InChI is InChI=1S/C18H30N2O2S/c1-12-13(2)15(4)18(16(5)14(12)3)23(21,22)19-10-17-8-7-9-20(6)11-17/h17,19H,7-11H2,1-6H3. The molecule has 1 aliphatic heterocycles. The quantitative estimate of drug-likeness (QED) is 0.918. The van der Waals surface area contributed by atoms with Gasteiger partial charge in [0.15, 0.2) is 0 Å². The second-order valence-electron chi connectivity index (χ2n) is 7.08. The first kappa shape index (κ1) is 18.4. The van der Waals surface area contributed by atoms with Gasteiger partial charge in [0.05, 0.1) is 4.90 Å². The Kier molecular flexibility index (Phi) is 5.54. The zero-order valence-electron chi connectivity index (χ0n) is 15.3. The zero-order chi connectivity index (χ0) is 17.4. The van der Waals surface area contributed by atoms with Crippen LogP contribution in [-0.4, -0.2) is 40.0 Å². The lowest BCUT2D eigenvalue weighted by atomic mass is 9.95. The topological polar surface area (TPSA) is 49.4 Å². The van der Waals surface area contributed by atoms with Gasteiger partial charge in [-0.3, -0.25) is 0 Å². The summed E-state index contributed by atoms with van der Waals surface area (Å²) in [5.74, 6) is 0.400. The second kappa shape index (κ2) is 6.91. The Hall–Kier alpha value is -0.910. The molecule has 1 aromatic carbocycles. The Labute approximate surface area is 141 Å². The molecule has 1 atom stereocenters. The van der Waals surface area contributed by atoms with Crippen molar-refractivity contribution in [1.29, 1.82) is 0 Å². The molecule has 1 N–H and O–H groups in total. The number of nitrogens with one attached hydrogen (secondary N) is 1. The van der Waals surface area contributed by atoms with Crippen molar-refractivity contribution in [2.45, 2.75) is 52.4 Å². The highest BCUT2D eigenvalue weighted by atomic mass is 32.2. The number of sulfonamides is 1. The van der Waals surface area contributed by atoms with Crippen LogP contribution >= 0.6 is 0 Å². The number of hydrogen-bond acceptors (Lipinski definition) is 3. The van der Waals surface area contributed by atoms with E-state index in [4.69, 9.17) is 0 Å². The van der Waals surface area contributed by atoms with Crippen LogP contribution in [0.15, 0.2) is 4.90 Å². The highest BCUT2D eigenvalue weighted by molar-refractivity contribution is 7.89. The average molecular weight is 339 g/mol. The van der Waals surface area contributed by atoms with E-state index in [1.165, 1.54) is 5.56 Å². The van der Waals surface area contributed by atoms with Crippen molar-refractivity contribution in [3.8, 4) is 0 Å². The molecule has 0 radical (unpaired) electrons. The van der Waals surface area contributed by atoms with E-state index in [9.17, 15) is 8.42 Å². The molecule has 1 heterocycles. The Morgan fingerprint density at radius 1 is 1.00 bits per heavy atom. The number of likely N-dealkylation sites (tertiary alicyclic amines) is 1. The van der Waals surface area contributed by atoms with Crippen LogP contribution in [0.2, 0.25) is 0 Å². The maximum Gasteiger partial charge on any atom is 0.241 e. The molecule has 1 aromatic rings. The third kappa shape index (κ3) is 3.78. The van der Waals surface area contributed by atoms with Crippen molar-refractivity contribution in [2.24, 2.45) is 5.92 Å². The fraction of sp³-hybridized carbons (Fsp3) is 0.667. The molecule has 4 nitrogen and oxygen atoms in total. The molecule has 1 aliphatic rings. The van der Waals surface area contributed by atoms with Gasteiger partial charge in [-0.1, -0.05) is 0 Å². The van der Waals surface area contributed by atoms with E-state index in [1.807, 2.05) is 27.7 Å². The Morgan fingerprint density at radius 2 is 1.52 bits per heavy atom. The SMILES string of the molecule is Cc1c(C)c(C)c(S(=O)(=O)NCC2CCCN(C)C2)c(C)c1C. The molecular formula is C18H30N2O2S. The van der Waals surface area contributed by atoms with E-state index in [-0.39, 0.29) is 0 Å². The van der Waals surface area contributed by atoms with Gasteiger partial charge in [-0.25, -0.2) is 13.1 Å². The van der Waals surface area contributed by atoms with Crippen LogP contribution in [0.25, 0.3) is 0 Å². The van der Waals surface area contributed by atoms with Crippen LogP contribution in [0.4, 0.5) is 0 Å². The van der Waals surface area contributed by atoms with Gasteiger partial charge in [-0.15, -0.1) is 0 Å². The van der Waals surface area contributed by atoms with Gasteiger partial charge in [0.2, 0.25) is 10.0 Å². The van der Waals surface area contributed by atoms with Crippen LogP contribution in [0, 0.1) is 40.5 Å². The summed E-state index contributed by atoms with van der Waals surface area (Å²) in [5, 5.41) is 0. The highest BCUT2D eigenvalue weighted by Gasteiger charge is 2.25. The predicted octanol–water partition coefficient (Wildman–Crippen LogP) is 2.85. The third-order valence-corrected chi connectivity index (χ3v) is 7.18. The minimum Gasteiger partial charge on any atom is -0.306 e. The normalized spacial score (nSPS) is 20.0. The van der Waals surface area contributed by atoms with E-state index >= 15 is 0 Å². The molecule has 2 rings (SSSR count). The molecule has 130 valence electrons.